The van der Waals surface area contributed by atoms with Crippen LogP contribution in [0.25, 0.3) is 17.3 Å². The Labute approximate surface area is 343 Å². The van der Waals surface area contributed by atoms with Gasteiger partial charge < -0.3 is 20.7 Å². The maximum absolute atomic E-state index is 13.8. The number of carbonyl (C=O) groups is 3. The summed E-state index contributed by atoms with van der Waals surface area (Å²) in [6.07, 6.45) is 1.62. The highest BCUT2D eigenvalue weighted by Crippen LogP contribution is 2.37. The number of rotatable bonds is 14. The fraction of sp³-hybridized carbons (Fsp3) is 0.0435. The quantitative estimate of drug-likeness (QED) is 0.0746. The highest BCUT2D eigenvalue weighted by atomic mass is 35.5. The van der Waals surface area contributed by atoms with E-state index in [1.165, 1.54) is 23.1 Å². The Hall–Kier alpha value is -6.46. The molecule has 0 aliphatic carbocycles. The van der Waals surface area contributed by atoms with Crippen molar-refractivity contribution in [2.75, 3.05) is 10.6 Å². The first kappa shape index (κ1) is 38.8. The number of anilines is 2. The van der Waals surface area contributed by atoms with Crippen molar-refractivity contribution in [1.29, 1.82) is 0 Å². The second kappa shape index (κ2) is 18.9. The molecule has 0 saturated heterocycles. The molecule has 1 aromatic heterocycles. The molecule has 1 atom stereocenters. The SMILES string of the molecule is O=C(Nc1ccc(SC(C(=O)Nc2nc(-c3ccc(Cl)cc3)cs2)c2ccccc2)cc1)/C(=C/c1ccc(OCc2ccccc2)cc1)NC(=O)c1ccccc1. The van der Waals surface area contributed by atoms with Crippen molar-refractivity contribution in [3.63, 3.8) is 0 Å². The fourth-order valence-electron chi connectivity index (χ4n) is 5.62. The smallest absolute Gasteiger partial charge is 0.272 e. The van der Waals surface area contributed by atoms with Crippen LogP contribution in [0.15, 0.2) is 180 Å². The van der Waals surface area contributed by atoms with E-state index in [0.29, 0.717) is 39.3 Å². The third kappa shape index (κ3) is 10.9. The Morgan fingerprint density at radius 3 is 2.07 bits per heavy atom. The van der Waals surface area contributed by atoms with Gasteiger partial charge in [-0.05, 0) is 83.4 Å². The second-order valence-electron chi connectivity index (χ2n) is 12.6. The third-order valence-corrected chi connectivity index (χ3v) is 10.8. The Bertz CT molecular complexity index is 2460. The standard InChI is InChI=1S/C46H35ClN4O4S2/c47-36-20-18-33(19-21-36)41-30-56-46(50-41)51-45(54)42(34-12-6-2-7-13-34)57-39-26-22-37(23-27-39)48-44(53)40(49-43(52)35-14-8-3-9-15-35)28-31-16-24-38(25-17-31)55-29-32-10-4-1-5-11-32/h1-28,30,42H,29H2,(H,48,53)(H,49,52)(H,50,51,54)/b40-28-. The van der Waals surface area contributed by atoms with Crippen LogP contribution in [-0.4, -0.2) is 22.7 Å². The Morgan fingerprint density at radius 1 is 0.737 bits per heavy atom. The highest BCUT2D eigenvalue weighted by Gasteiger charge is 2.24. The van der Waals surface area contributed by atoms with Crippen LogP contribution in [0.1, 0.15) is 32.3 Å². The van der Waals surface area contributed by atoms with E-state index in [1.807, 2.05) is 121 Å². The Morgan fingerprint density at radius 2 is 1.39 bits per heavy atom. The van der Waals surface area contributed by atoms with Gasteiger partial charge in [0.25, 0.3) is 11.8 Å². The highest BCUT2D eigenvalue weighted by molar-refractivity contribution is 8.00. The van der Waals surface area contributed by atoms with Crippen LogP contribution in [-0.2, 0) is 16.2 Å². The summed E-state index contributed by atoms with van der Waals surface area (Å²) in [6, 6.07) is 49.9. The first-order valence-electron chi connectivity index (χ1n) is 17.9. The summed E-state index contributed by atoms with van der Waals surface area (Å²) in [4.78, 5) is 46.1. The number of nitrogens with zero attached hydrogens (tertiary/aromatic N) is 1. The Kier molecular flexibility index (Phi) is 12.9. The number of nitrogens with one attached hydrogen (secondary N) is 3. The van der Waals surface area contributed by atoms with Crippen molar-refractivity contribution in [3.8, 4) is 17.0 Å². The average molecular weight is 807 g/mol. The molecule has 6 aromatic carbocycles. The fourth-order valence-corrected chi connectivity index (χ4v) is 7.49. The molecule has 0 spiro atoms. The summed E-state index contributed by atoms with van der Waals surface area (Å²) in [7, 11) is 0. The summed E-state index contributed by atoms with van der Waals surface area (Å²) >= 11 is 8.77. The number of ether oxygens (including phenoxy) is 1. The molecule has 1 unspecified atom stereocenters. The topological polar surface area (TPSA) is 109 Å². The number of thioether (sulfide) groups is 1. The van der Waals surface area contributed by atoms with Crippen LogP contribution < -0.4 is 20.7 Å². The van der Waals surface area contributed by atoms with E-state index >= 15 is 0 Å². The van der Waals surface area contributed by atoms with Crippen molar-refractivity contribution in [3.05, 3.63) is 202 Å². The lowest BCUT2D eigenvalue weighted by Gasteiger charge is -2.17. The summed E-state index contributed by atoms with van der Waals surface area (Å²) < 4.78 is 5.92. The first-order chi connectivity index (χ1) is 27.9. The van der Waals surface area contributed by atoms with Gasteiger partial charge >= 0.3 is 0 Å². The monoisotopic (exact) mass is 806 g/mol. The lowest BCUT2D eigenvalue weighted by atomic mass is 10.1. The molecule has 0 saturated carbocycles. The van der Waals surface area contributed by atoms with E-state index < -0.39 is 17.1 Å². The third-order valence-electron chi connectivity index (χ3n) is 8.55. The van der Waals surface area contributed by atoms with E-state index in [-0.39, 0.29) is 11.6 Å². The molecular weight excluding hydrogens is 772 g/mol. The molecule has 11 heteroatoms. The van der Waals surface area contributed by atoms with Gasteiger partial charge in [-0.1, -0.05) is 115 Å². The minimum Gasteiger partial charge on any atom is -0.489 e. The van der Waals surface area contributed by atoms with E-state index in [4.69, 9.17) is 16.3 Å². The van der Waals surface area contributed by atoms with Gasteiger partial charge in [-0.15, -0.1) is 23.1 Å². The molecule has 7 aromatic rings. The largest absolute Gasteiger partial charge is 0.489 e. The zero-order valence-electron chi connectivity index (χ0n) is 30.3. The van der Waals surface area contributed by atoms with Crippen LogP contribution >= 0.6 is 34.7 Å². The van der Waals surface area contributed by atoms with Gasteiger partial charge in [-0.2, -0.15) is 0 Å². The summed E-state index contributed by atoms with van der Waals surface area (Å²) in [6.45, 7) is 0.424. The number of carbonyl (C=O) groups excluding carboxylic acids is 3. The summed E-state index contributed by atoms with van der Waals surface area (Å²) in [5.41, 5.74) is 5.19. The number of thiazole rings is 1. The number of halogens is 1. The van der Waals surface area contributed by atoms with Crippen molar-refractivity contribution >= 4 is 69.3 Å². The van der Waals surface area contributed by atoms with Crippen LogP contribution in [0.3, 0.4) is 0 Å². The number of amides is 3. The molecule has 0 aliphatic heterocycles. The number of aromatic nitrogens is 1. The van der Waals surface area contributed by atoms with Gasteiger partial charge in [0.1, 0.15) is 23.3 Å². The van der Waals surface area contributed by atoms with Crippen molar-refractivity contribution in [2.45, 2.75) is 16.8 Å². The minimum absolute atomic E-state index is 0.0578. The zero-order chi connectivity index (χ0) is 39.4. The molecule has 0 bridgehead atoms. The molecule has 0 aliphatic rings. The normalized spacial score (nSPS) is 11.6. The molecule has 7 rings (SSSR count). The number of hydrogen-bond acceptors (Lipinski definition) is 7. The van der Waals surface area contributed by atoms with Crippen molar-refractivity contribution < 1.29 is 19.1 Å². The van der Waals surface area contributed by atoms with E-state index in [1.54, 1.807) is 54.6 Å². The van der Waals surface area contributed by atoms with Gasteiger partial charge in [0, 0.05) is 32.1 Å². The molecule has 8 nitrogen and oxygen atoms in total. The van der Waals surface area contributed by atoms with Crippen molar-refractivity contribution in [1.82, 2.24) is 10.3 Å². The number of hydrogen-bond donors (Lipinski definition) is 3. The van der Waals surface area contributed by atoms with Crippen LogP contribution in [0.5, 0.6) is 5.75 Å². The van der Waals surface area contributed by atoms with Crippen molar-refractivity contribution in [2.24, 2.45) is 0 Å². The lowest BCUT2D eigenvalue weighted by Crippen LogP contribution is -2.30. The second-order valence-corrected chi connectivity index (χ2v) is 15.1. The van der Waals surface area contributed by atoms with Gasteiger partial charge in [0.15, 0.2) is 5.13 Å². The maximum Gasteiger partial charge on any atom is 0.272 e. The Balaban J connectivity index is 1.04. The molecule has 0 fully saturated rings. The van der Waals surface area contributed by atoms with E-state index in [0.717, 1.165) is 27.3 Å². The van der Waals surface area contributed by atoms with E-state index in [9.17, 15) is 14.4 Å². The molecule has 0 radical (unpaired) electrons. The van der Waals surface area contributed by atoms with Crippen LogP contribution in [0.4, 0.5) is 10.8 Å². The lowest BCUT2D eigenvalue weighted by molar-refractivity contribution is -0.116. The van der Waals surface area contributed by atoms with Crippen LogP contribution in [0.2, 0.25) is 5.02 Å². The zero-order valence-corrected chi connectivity index (χ0v) is 32.7. The van der Waals surface area contributed by atoms with Gasteiger partial charge in [0.05, 0.1) is 5.69 Å². The molecule has 1 heterocycles. The summed E-state index contributed by atoms with van der Waals surface area (Å²) in [5.74, 6) is -0.477. The predicted molar refractivity (Wildman–Crippen MR) is 230 cm³/mol. The molecule has 3 amide bonds. The van der Waals surface area contributed by atoms with E-state index in [2.05, 4.69) is 20.9 Å². The average Bonchev–Trinajstić information content (AvgIpc) is 3.72. The minimum atomic E-state index is -0.590. The summed E-state index contributed by atoms with van der Waals surface area (Å²) in [5, 5.41) is 11.1. The predicted octanol–water partition coefficient (Wildman–Crippen LogP) is 10.9. The van der Waals surface area contributed by atoms with Gasteiger partial charge in [-0.25, -0.2) is 4.98 Å². The van der Waals surface area contributed by atoms with Gasteiger partial charge in [0.2, 0.25) is 5.91 Å². The molecule has 3 N–H and O–H groups in total. The van der Waals surface area contributed by atoms with Crippen LogP contribution in [0, 0.1) is 0 Å². The maximum atomic E-state index is 13.8. The molecule has 282 valence electrons. The van der Waals surface area contributed by atoms with Gasteiger partial charge in [-0.3, -0.25) is 14.4 Å². The molecular formula is C46H35ClN4O4S2. The number of benzene rings is 6. The molecule has 57 heavy (non-hydrogen) atoms. The first-order valence-corrected chi connectivity index (χ1v) is 20.0.